The van der Waals surface area contributed by atoms with Crippen molar-refractivity contribution in [1.82, 2.24) is 24.7 Å². The Hall–Kier alpha value is -3.36. The fourth-order valence-electron chi connectivity index (χ4n) is 3.45. The van der Waals surface area contributed by atoms with E-state index in [1.807, 2.05) is 10.7 Å². The maximum atomic E-state index is 10.9. The first kappa shape index (κ1) is 18.0. The van der Waals surface area contributed by atoms with Crippen LogP contribution in [0, 0.1) is 10.1 Å². The number of piperidine rings is 1. The van der Waals surface area contributed by atoms with Crippen molar-refractivity contribution in [2.45, 2.75) is 32.2 Å². The molecule has 1 saturated heterocycles. The third-order valence-corrected chi connectivity index (χ3v) is 5.06. The molecular formula is C19H21N7O2. The zero-order valence-electron chi connectivity index (χ0n) is 15.6. The standard InChI is InChI=1S/C19H21N7O2/c1-2-15-11-18(24-9-7-16(8-10-24)25-13-20-12-21-25)23-19(22-15)14-3-5-17(6-4-14)26(27)28/h3-6,11-13,16H,2,7-10H2,1H3. The van der Waals surface area contributed by atoms with Gasteiger partial charge in [0, 0.05) is 42.5 Å². The van der Waals surface area contributed by atoms with E-state index in [1.54, 1.807) is 24.8 Å². The lowest BCUT2D eigenvalue weighted by atomic mass is 10.1. The molecule has 1 aromatic carbocycles. The number of aromatic nitrogens is 5. The van der Waals surface area contributed by atoms with E-state index in [-0.39, 0.29) is 5.69 Å². The van der Waals surface area contributed by atoms with E-state index in [0.717, 1.165) is 49.4 Å². The van der Waals surface area contributed by atoms with Gasteiger partial charge in [0.25, 0.3) is 5.69 Å². The SMILES string of the molecule is CCc1cc(N2CCC(n3cncn3)CC2)nc(-c2ccc([N+](=O)[O-])cc2)n1. The molecule has 0 spiro atoms. The second-order valence-electron chi connectivity index (χ2n) is 6.79. The Morgan fingerprint density at radius 3 is 2.54 bits per heavy atom. The second kappa shape index (κ2) is 7.71. The number of nitro groups is 1. The topological polar surface area (TPSA) is 103 Å². The molecule has 0 unspecified atom stereocenters. The first-order valence-electron chi connectivity index (χ1n) is 9.36. The van der Waals surface area contributed by atoms with E-state index < -0.39 is 4.92 Å². The fraction of sp³-hybridized carbons (Fsp3) is 0.368. The molecule has 2 aromatic heterocycles. The zero-order chi connectivity index (χ0) is 19.5. The minimum Gasteiger partial charge on any atom is -0.356 e. The summed E-state index contributed by atoms with van der Waals surface area (Å²) < 4.78 is 1.93. The number of rotatable bonds is 5. The molecule has 3 aromatic rings. The van der Waals surface area contributed by atoms with Crippen molar-refractivity contribution in [1.29, 1.82) is 0 Å². The van der Waals surface area contributed by atoms with Crippen LogP contribution in [0.4, 0.5) is 11.5 Å². The number of aryl methyl sites for hydroxylation is 1. The average molecular weight is 379 g/mol. The van der Waals surface area contributed by atoms with E-state index in [1.165, 1.54) is 12.1 Å². The summed E-state index contributed by atoms with van der Waals surface area (Å²) in [6.45, 7) is 3.82. The second-order valence-corrected chi connectivity index (χ2v) is 6.79. The van der Waals surface area contributed by atoms with Crippen molar-refractivity contribution in [3.05, 3.63) is 58.8 Å². The Kier molecular flexibility index (Phi) is 4.96. The van der Waals surface area contributed by atoms with E-state index in [9.17, 15) is 10.1 Å². The molecule has 0 aliphatic carbocycles. The summed E-state index contributed by atoms with van der Waals surface area (Å²) in [4.78, 5) is 26.1. The van der Waals surface area contributed by atoms with Crippen LogP contribution < -0.4 is 4.90 Å². The molecule has 1 aliphatic rings. The number of benzene rings is 1. The first-order valence-corrected chi connectivity index (χ1v) is 9.36. The van der Waals surface area contributed by atoms with Crippen molar-refractivity contribution in [2.75, 3.05) is 18.0 Å². The summed E-state index contributed by atoms with van der Waals surface area (Å²) in [6, 6.07) is 8.77. The van der Waals surface area contributed by atoms with E-state index in [0.29, 0.717) is 11.9 Å². The van der Waals surface area contributed by atoms with Gasteiger partial charge in [-0.3, -0.25) is 10.1 Å². The molecule has 3 heterocycles. The van der Waals surface area contributed by atoms with Gasteiger partial charge >= 0.3 is 0 Å². The van der Waals surface area contributed by atoms with Crippen LogP contribution in [0.2, 0.25) is 0 Å². The van der Waals surface area contributed by atoms with Gasteiger partial charge in [-0.15, -0.1) is 0 Å². The predicted octanol–water partition coefficient (Wildman–Crippen LogP) is 3.05. The molecule has 144 valence electrons. The summed E-state index contributed by atoms with van der Waals surface area (Å²) in [5.74, 6) is 1.50. The van der Waals surface area contributed by atoms with Gasteiger partial charge in [0.2, 0.25) is 0 Å². The Labute approximate surface area is 162 Å². The summed E-state index contributed by atoms with van der Waals surface area (Å²) in [5, 5.41) is 15.1. The lowest BCUT2D eigenvalue weighted by Crippen LogP contribution is -2.35. The Morgan fingerprint density at radius 1 is 1.18 bits per heavy atom. The molecule has 0 radical (unpaired) electrons. The molecule has 0 saturated carbocycles. The zero-order valence-corrected chi connectivity index (χ0v) is 15.6. The fourth-order valence-corrected chi connectivity index (χ4v) is 3.45. The Morgan fingerprint density at radius 2 is 1.93 bits per heavy atom. The molecule has 0 bridgehead atoms. The van der Waals surface area contributed by atoms with Gasteiger partial charge in [0.15, 0.2) is 5.82 Å². The third kappa shape index (κ3) is 3.68. The molecule has 0 N–H and O–H groups in total. The highest BCUT2D eigenvalue weighted by Gasteiger charge is 2.23. The summed E-state index contributed by atoms with van der Waals surface area (Å²) in [6.07, 6.45) is 6.09. The van der Waals surface area contributed by atoms with E-state index in [4.69, 9.17) is 4.98 Å². The Balaban J connectivity index is 1.56. The van der Waals surface area contributed by atoms with Crippen LogP contribution in [0.25, 0.3) is 11.4 Å². The predicted molar refractivity (Wildman–Crippen MR) is 104 cm³/mol. The lowest BCUT2D eigenvalue weighted by Gasteiger charge is -2.33. The summed E-state index contributed by atoms with van der Waals surface area (Å²) in [5.41, 5.74) is 1.79. The number of anilines is 1. The molecule has 9 heteroatoms. The van der Waals surface area contributed by atoms with Crippen LogP contribution in [-0.2, 0) is 6.42 Å². The highest BCUT2D eigenvalue weighted by molar-refractivity contribution is 5.60. The molecule has 28 heavy (non-hydrogen) atoms. The maximum Gasteiger partial charge on any atom is 0.269 e. The number of hydrogen-bond donors (Lipinski definition) is 0. The molecule has 0 atom stereocenters. The molecular weight excluding hydrogens is 358 g/mol. The number of hydrogen-bond acceptors (Lipinski definition) is 7. The average Bonchev–Trinajstić information content (AvgIpc) is 3.28. The van der Waals surface area contributed by atoms with Crippen molar-refractivity contribution >= 4 is 11.5 Å². The largest absolute Gasteiger partial charge is 0.356 e. The molecule has 4 rings (SSSR count). The van der Waals surface area contributed by atoms with Gasteiger partial charge in [-0.05, 0) is 31.4 Å². The third-order valence-electron chi connectivity index (χ3n) is 5.06. The van der Waals surface area contributed by atoms with Crippen LogP contribution >= 0.6 is 0 Å². The van der Waals surface area contributed by atoms with Crippen LogP contribution in [-0.4, -0.2) is 42.7 Å². The molecule has 1 fully saturated rings. The minimum absolute atomic E-state index is 0.0609. The smallest absolute Gasteiger partial charge is 0.269 e. The summed E-state index contributed by atoms with van der Waals surface area (Å²) in [7, 11) is 0. The van der Waals surface area contributed by atoms with E-state index in [2.05, 4.69) is 26.9 Å². The first-order chi connectivity index (χ1) is 13.6. The molecule has 0 amide bonds. The van der Waals surface area contributed by atoms with Crippen molar-refractivity contribution < 1.29 is 4.92 Å². The Bertz CT molecular complexity index is 949. The highest BCUT2D eigenvalue weighted by Crippen LogP contribution is 2.27. The monoisotopic (exact) mass is 379 g/mol. The van der Waals surface area contributed by atoms with Crippen LogP contribution in [0.15, 0.2) is 43.0 Å². The normalized spacial score (nSPS) is 15.0. The number of nitro benzene ring substituents is 1. The van der Waals surface area contributed by atoms with Crippen molar-refractivity contribution in [2.24, 2.45) is 0 Å². The molecule has 9 nitrogen and oxygen atoms in total. The van der Waals surface area contributed by atoms with Crippen LogP contribution in [0.3, 0.4) is 0 Å². The maximum absolute atomic E-state index is 10.9. The van der Waals surface area contributed by atoms with Gasteiger partial charge < -0.3 is 4.90 Å². The number of non-ortho nitro benzene ring substituents is 1. The highest BCUT2D eigenvalue weighted by atomic mass is 16.6. The molecule has 1 aliphatic heterocycles. The minimum atomic E-state index is -0.405. The van der Waals surface area contributed by atoms with Crippen molar-refractivity contribution in [3.63, 3.8) is 0 Å². The van der Waals surface area contributed by atoms with Crippen LogP contribution in [0.5, 0.6) is 0 Å². The van der Waals surface area contributed by atoms with Crippen molar-refractivity contribution in [3.8, 4) is 11.4 Å². The summed E-state index contributed by atoms with van der Waals surface area (Å²) >= 11 is 0. The van der Waals surface area contributed by atoms with Gasteiger partial charge in [-0.25, -0.2) is 19.6 Å². The lowest BCUT2D eigenvalue weighted by molar-refractivity contribution is -0.384. The van der Waals surface area contributed by atoms with Gasteiger partial charge in [-0.2, -0.15) is 5.10 Å². The van der Waals surface area contributed by atoms with Gasteiger partial charge in [-0.1, -0.05) is 6.92 Å². The van der Waals surface area contributed by atoms with Crippen LogP contribution in [0.1, 0.15) is 31.5 Å². The van der Waals surface area contributed by atoms with Gasteiger partial charge in [0.05, 0.1) is 11.0 Å². The van der Waals surface area contributed by atoms with E-state index >= 15 is 0 Å². The quantitative estimate of drug-likeness (QED) is 0.496. The number of nitrogens with zero attached hydrogens (tertiary/aromatic N) is 7. The van der Waals surface area contributed by atoms with Gasteiger partial charge in [0.1, 0.15) is 18.5 Å².